The van der Waals surface area contributed by atoms with Gasteiger partial charge >= 0.3 is 6.18 Å². The molecule has 2 rings (SSSR count). The molecule has 17 heavy (non-hydrogen) atoms. The molecule has 0 saturated heterocycles. The molecule has 2 N–H and O–H groups in total. The fraction of sp³-hybridized carbons (Fsp3) is 0.455. The molecule has 0 aromatic heterocycles. The first kappa shape index (κ1) is 12.5. The first-order valence-electron chi connectivity index (χ1n) is 5.14. The van der Waals surface area contributed by atoms with Crippen molar-refractivity contribution in [2.75, 3.05) is 0 Å². The highest BCUT2D eigenvalue weighted by atomic mass is 35.5. The van der Waals surface area contributed by atoms with E-state index in [-0.39, 0.29) is 30.2 Å². The molecule has 0 radical (unpaired) electrons. The fourth-order valence-corrected chi connectivity index (χ4v) is 1.90. The maximum absolute atomic E-state index is 12.6. The Bertz CT molecular complexity index is 409. The van der Waals surface area contributed by atoms with Crippen molar-refractivity contribution >= 4 is 11.6 Å². The molecule has 1 aliphatic rings. The van der Waals surface area contributed by atoms with Gasteiger partial charge in [0, 0.05) is 17.1 Å². The van der Waals surface area contributed by atoms with E-state index >= 15 is 0 Å². The van der Waals surface area contributed by atoms with Crippen LogP contribution in [-0.4, -0.2) is 16.8 Å². The Hall–Kier alpha value is -0.940. The Morgan fingerprint density at radius 3 is 2.47 bits per heavy atom. The molecule has 1 saturated carbocycles. The van der Waals surface area contributed by atoms with E-state index < -0.39 is 11.7 Å². The van der Waals surface area contributed by atoms with Crippen LogP contribution in [0.4, 0.5) is 13.2 Å². The number of alkyl halides is 3. The molecule has 0 bridgehead atoms. The van der Waals surface area contributed by atoms with Crippen molar-refractivity contribution in [2.45, 2.75) is 31.1 Å². The zero-order valence-electron chi connectivity index (χ0n) is 8.81. The van der Waals surface area contributed by atoms with Gasteiger partial charge in [0.05, 0.1) is 0 Å². The summed E-state index contributed by atoms with van der Waals surface area (Å²) in [4.78, 5) is 0. The van der Waals surface area contributed by atoms with Crippen molar-refractivity contribution in [3.05, 3.63) is 28.8 Å². The van der Waals surface area contributed by atoms with Crippen molar-refractivity contribution in [1.29, 1.82) is 0 Å². The molecule has 2 nitrogen and oxygen atoms in total. The van der Waals surface area contributed by atoms with Gasteiger partial charge in [-0.15, -0.1) is 0 Å². The van der Waals surface area contributed by atoms with Gasteiger partial charge < -0.3 is 5.11 Å². The molecule has 0 unspecified atom stereocenters. The number of benzene rings is 1. The van der Waals surface area contributed by atoms with Gasteiger partial charge in [0.15, 0.2) is 0 Å². The van der Waals surface area contributed by atoms with Crippen molar-refractivity contribution in [1.82, 2.24) is 5.32 Å². The van der Waals surface area contributed by atoms with Crippen LogP contribution in [0.3, 0.4) is 0 Å². The maximum Gasteiger partial charge on any atom is 0.406 e. The third-order valence-corrected chi connectivity index (χ3v) is 3.34. The van der Waals surface area contributed by atoms with Crippen LogP contribution in [0.1, 0.15) is 18.4 Å². The molecule has 6 heteroatoms. The van der Waals surface area contributed by atoms with E-state index in [1.165, 1.54) is 18.2 Å². The van der Waals surface area contributed by atoms with Crippen LogP contribution in [0.15, 0.2) is 18.2 Å². The molecular weight excluding hydrogens is 255 g/mol. The summed E-state index contributed by atoms with van der Waals surface area (Å²) in [6, 6.07) is 4.47. The largest absolute Gasteiger partial charge is 0.508 e. The minimum absolute atomic E-state index is 0.0711. The van der Waals surface area contributed by atoms with Gasteiger partial charge in [0.25, 0.3) is 0 Å². The van der Waals surface area contributed by atoms with Gasteiger partial charge in [0.1, 0.15) is 11.3 Å². The number of phenols is 1. The van der Waals surface area contributed by atoms with E-state index in [0.29, 0.717) is 5.56 Å². The summed E-state index contributed by atoms with van der Waals surface area (Å²) in [5.41, 5.74) is -1.50. The molecule has 94 valence electrons. The smallest absolute Gasteiger partial charge is 0.406 e. The predicted molar refractivity (Wildman–Crippen MR) is 58.0 cm³/mol. The van der Waals surface area contributed by atoms with E-state index in [1.807, 2.05) is 0 Å². The van der Waals surface area contributed by atoms with Crippen LogP contribution in [0.2, 0.25) is 5.02 Å². The second-order valence-corrected chi connectivity index (χ2v) is 4.58. The summed E-state index contributed by atoms with van der Waals surface area (Å²) in [6.45, 7) is -0.0922. The van der Waals surface area contributed by atoms with E-state index in [2.05, 4.69) is 5.32 Å². The molecule has 0 aliphatic heterocycles. The number of halogens is 4. The minimum Gasteiger partial charge on any atom is -0.508 e. The number of nitrogens with one attached hydrogen (secondary N) is 1. The quantitative estimate of drug-likeness (QED) is 0.879. The zero-order chi connectivity index (χ0) is 12.7. The Morgan fingerprint density at radius 2 is 2.00 bits per heavy atom. The highest BCUT2D eigenvalue weighted by Gasteiger charge is 2.62. The first-order valence-corrected chi connectivity index (χ1v) is 5.52. The molecule has 0 heterocycles. The lowest BCUT2D eigenvalue weighted by atomic mass is 10.1. The number of rotatable bonds is 3. The van der Waals surface area contributed by atoms with Crippen LogP contribution in [-0.2, 0) is 6.54 Å². The number of aromatic hydroxyl groups is 1. The third kappa shape index (κ3) is 2.35. The van der Waals surface area contributed by atoms with Crippen LogP contribution in [0.5, 0.6) is 5.75 Å². The molecule has 1 fully saturated rings. The van der Waals surface area contributed by atoms with Crippen LogP contribution < -0.4 is 5.32 Å². The average molecular weight is 266 g/mol. The molecule has 1 aliphatic carbocycles. The average Bonchev–Trinajstić information content (AvgIpc) is 2.97. The van der Waals surface area contributed by atoms with E-state index in [1.54, 1.807) is 0 Å². The molecule has 0 spiro atoms. The van der Waals surface area contributed by atoms with Gasteiger partial charge in [0.2, 0.25) is 0 Å². The standard InChI is InChI=1S/C11H11ClF3NO/c12-8-2-1-3-9(17)7(8)6-16-10(4-5-10)11(13,14)15/h1-3,16-17H,4-6H2. The van der Waals surface area contributed by atoms with Gasteiger partial charge in [-0.1, -0.05) is 17.7 Å². The lowest BCUT2D eigenvalue weighted by Crippen LogP contribution is -2.44. The Morgan fingerprint density at radius 1 is 1.35 bits per heavy atom. The van der Waals surface area contributed by atoms with E-state index in [4.69, 9.17) is 11.6 Å². The summed E-state index contributed by atoms with van der Waals surface area (Å²) in [7, 11) is 0. The normalized spacial score (nSPS) is 18.1. The molecule has 1 aromatic carbocycles. The molecule has 1 aromatic rings. The van der Waals surface area contributed by atoms with Gasteiger partial charge in [-0.25, -0.2) is 0 Å². The number of phenolic OH excluding ortho intramolecular Hbond substituents is 1. The number of hydrogen-bond donors (Lipinski definition) is 2. The summed E-state index contributed by atoms with van der Waals surface area (Å²) in [5.74, 6) is -0.0945. The molecule has 0 atom stereocenters. The molecular formula is C11H11ClF3NO. The van der Waals surface area contributed by atoms with Crippen molar-refractivity contribution in [3.8, 4) is 5.75 Å². The summed E-state index contributed by atoms with van der Waals surface area (Å²) in [5, 5.41) is 12.2. The monoisotopic (exact) mass is 265 g/mol. The number of hydrogen-bond acceptors (Lipinski definition) is 2. The minimum atomic E-state index is -4.26. The Labute approximate surface area is 101 Å². The van der Waals surface area contributed by atoms with Crippen LogP contribution in [0, 0.1) is 0 Å². The maximum atomic E-state index is 12.6. The topological polar surface area (TPSA) is 32.3 Å². The van der Waals surface area contributed by atoms with Crippen molar-refractivity contribution in [3.63, 3.8) is 0 Å². The fourth-order valence-electron chi connectivity index (χ4n) is 1.67. The van der Waals surface area contributed by atoms with Gasteiger partial charge in [-0.3, -0.25) is 5.32 Å². The third-order valence-electron chi connectivity index (χ3n) is 2.99. The van der Waals surface area contributed by atoms with Crippen LogP contribution in [0.25, 0.3) is 0 Å². The van der Waals surface area contributed by atoms with Crippen molar-refractivity contribution in [2.24, 2.45) is 0 Å². The van der Waals surface area contributed by atoms with Crippen LogP contribution >= 0.6 is 11.6 Å². The van der Waals surface area contributed by atoms with E-state index in [0.717, 1.165) is 0 Å². The summed E-state index contributed by atoms with van der Waals surface area (Å²) < 4.78 is 37.9. The highest BCUT2D eigenvalue weighted by Crippen LogP contribution is 2.49. The summed E-state index contributed by atoms with van der Waals surface area (Å²) in [6.07, 6.45) is -4.12. The highest BCUT2D eigenvalue weighted by molar-refractivity contribution is 6.31. The SMILES string of the molecule is Oc1cccc(Cl)c1CNC1(C(F)(F)F)CC1. The Kier molecular flexibility index (Phi) is 2.99. The molecule has 0 amide bonds. The second kappa shape index (κ2) is 4.07. The van der Waals surface area contributed by atoms with E-state index in [9.17, 15) is 18.3 Å². The van der Waals surface area contributed by atoms with Gasteiger partial charge in [-0.05, 0) is 25.0 Å². The van der Waals surface area contributed by atoms with Crippen molar-refractivity contribution < 1.29 is 18.3 Å². The zero-order valence-corrected chi connectivity index (χ0v) is 9.57. The summed E-state index contributed by atoms with van der Waals surface area (Å²) >= 11 is 5.81. The Balaban J connectivity index is 2.09. The first-order chi connectivity index (χ1) is 7.86. The lowest BCUT2D eigenvalue weighted by Gasteiger charge is -2.21. The second-order valence-electron chi connectivity index (χ2n) is 4.17. The van der Waals surface area contributed by atoms with Gasteiger partial charge in [-0.2, -0.15) is 13.2 Å². The lowest BCUT2D eigenvalue weighted by molar-refractivity contribution is -0.166. The predicted octanol–water partition coefficient (Wildman–Crippen LogP) is 3.23.